The van der Waals surface area contributed by atoms with Crippen LogP contribution in [0, 0.1) is 5.41 Å². The minimum Gasteiger partial charge on any atom is -0.299 e. The van der Waals surface area contributed by atoms with Crippen LogP contribution in [0.2, 0.25) is 0 Å². The Morgan fingerprint density at radius 3 is 2.79 bits per heavy atom. The smallest absolute Gasteiger partial charge is 0.0908 e. The third kappa shape index (κ3) is 1.37. The van der Waals surface area contributed by atoms with Gasteiger partial charge in [0, 0.05) is 5.57 Å². The van der Waals surface area contributed by atoms with Crippen LogP contribution < -0.4 is 0 Å². The van der Waals surface area contributed by atoms with Crippen LogP contribution >= 0.6 is 0 Å². The summed E-state index contributed by atoms with van der Waals surface area (Å²) in [5.74, 6) is 0. The maximum atomic E-state index is 7.79. The summed E-state index contributed by atoms with van der Waals surface area (Å²) in [5, 5.41) is 7.79. The zero-order valence-corrected chi connectivity index (χ0v) is 8.76. The molecule has 2 heteroatoms. The van der Waals surface area contributed by atoms with Gasteiger partial charge in [0.1, 0.15) is 0 Å². The molecule has 0 atom stereocenters. The van der Waals surface area contributed by atoms with Gasteiger partial charge in [-0.05, 0) is 32.4 Å². The Labute approximate surface area is 84.3 Å². The fourth-order valence-corrected chi connectivity index (χ4v) is 1.91. The van der Waals surface area contributed by atoms with E-state index >= 15 is 0 Å². The summed E-state index contributed by atoms with van der Waals surface area (Å²) < 4.78 is 0. The second kappa shape index (κ2) is 2.77. The van der Waals surface area contributed by atoms with Crippen molar-refractivity contribution in [1.82, 2.24) is 0 Å². The van der Waals surface area contributed by atoms with Gasteiger partial charge in [0.25, 0.3) is 0 Å². The summed E-state index contributed by atoms with van der Waals surface area (Å²) in [5.41, 5.74) is 3.49. The second-order valence-corrected chi connectivity index (χ2v) is 4.29. The summed E-state index contributed by atoms with van der Waals surface area (Å²) in [6, 6.07) is 0. The van der Waals surface area contributed by atoms with Crippen molar-refractivity contribution in [3.05, 3.63) is 35.5 Å². The van der Waals surface area contributed by atoms with Crippen LogP contribution in [0.4, 0.5) is 0 Å². The maximum Gasteiger partial charge on any atom is 0.0908 e. The van der Waals surface area contributed by atoms with Gasteiger partial charge in [-0.1, -0.05) is 18.2 Å². The fourth-order valence-electron chi connectivity index (χ4n) is 1.91. The third-order valence-corrected chi connectivity index (χ3v) is 2.43. The molecular formula is C12H14N2. The van der Waals surface area contributed by atoms with E-state index in [1.807, 2.05) is 12.2 Å². The Balaban J connectivity index is 2.57. The Hall–Kier alpha value is -1.44. The fraction of sp³-hybridized carbons (Fsp3) is 0.333. The minimum absolute atomic E-state index is 0.172. The highest BCUT2D eigenvalue weighted by Crippen LogP contribution is 2.28. The average Bonchev–Trinajstić information content (AvgIpc) is 2.05. The largest absolute Gasteiger partial charge is 0.299 e. The molecule has 0 spiro atoms. The average molecular weight is 186 g/mol. The van der Waals surface area contributed by atoms with Gasteiger partial charge >= 0.3 is 0 Å². The van der Waals surface area contributed by atoms with Gasteiger partial charge in [0.15, 0.2) is 0 Å². The van der Waals surface area contributed by atoms with Crippen molar-refractivity contribution in [1.29, 1.82) is 5.41 Å². The summed E-state index contributed by atoms with van der Waals surface area (Å²) in [6.07, 6.45) is 7.87. The molecule has 14 heavy (non-hydrogen) atoms. The minimum atomic E-state index is -0.172. The monoisotopic (exact) mass is 186 g/mol. The van der Waals surface area contributed by atoms with Gasteiger partial charge in [-0.25, -0.2) is 0 Å². The summed E-state index contributed by atoms with van der Waals surface area (Å²) >= 11 is 0. The third-order valence-electron chi connectivity index (χ3n) is 2.43. The SMILES string of the molecule is CC1=CC(C)(C)N=C2C(=N)C=CC=C12. The number of nitrogens with zero attached hydrogens (tertiary/aromatic N) is 1. The molecule has 0 aromatic carbocycles. The topological polar surface area (TPSA) is 36.2 Å². The lowest BCUT2D eigenvalue weighted by Crippen LogP contribution is -2.28. The molecule has 2 nitrogen and oxygen atoms in total. The van der Waals surface area contributed by atoms with Crippen molar-refractivity contribution in [2.24, 2.45) is 4.99 Å². The normalized spacial score (nSPS) is 23.6. The molecule has 0 amide bonds. The van der Waals surface area contributed by atoms with Crippen molar-refractivity contribution in [3.8, 4) is 0 Å². The van der Waals surface area contributed by atoms with Crippen LogP contribution in [0.15, 0.2) is 40.4 Å². The predicted octanol–water partition coefficient (Wildman–Crippen LogP) is 2.68. The van der Waals surface area contributed by atoms with Gasteiger partial charge < -0.3 is 0 Å². The molecule has 0 fully saturated rings. The highest BCUT2D eigenvalue weighted by Gasteiger charge is 2.25. The van der Waals surface area contributed by atoms with E-state index in [1.54, 1.807) is 6.08 Å². The summed E-state index contributed by atoms with van der Waals surface area (Å²) in [6.45, 7) is 6.20. The number of dihydropyridines is 1. The van der Waals surface area contributed by atoms with Crippen LogP contribution in [0.5, 0.6) is 0 Å². The zero-order valence-electron chi connectivity index (χ0n) is 8.76. The first-order valence-corrected chi connectivity index (χ1v) is 4.77. The molecule has 0 aromatic rings. The number of nitrogens with one attached hydrogen (secondary N) is 1. The highest BCUT2D eigenvalue weighted by atomic mass is 14.9. The van der Waals surface area contributed by atoms with E-state index in [0.29, 0.717) is 5.71 Å². The van der Waals surface area contributed by atoms with Gasteiger partial charge in [0.05, 0.1) is 17.0 Å². The van der Waals surface area contributed by atoms with Gasteiger partial charge in [0.2, 0.25) is 0 Å². The van der Waals surface area contributed by atoms with Crippen molar-refractivity contribution in [2.75, 3.05) is 0 Å². The standard InChI is InChI=1S/C12H14N2/c1-8-7-12(2,3)14-11-9(8)5-4-6-10(11)13/h4-7,13H,1-3H3. The Bertz CT molecular complexity index is 418. The quantitative estimate of drug-likeness (QED) is 0.565. The van der Waals surface area contributed by atoms with Gasteiger partial charge in [-0.3, -0.25) is 10.4 Å². The lowest BCUT2D eigenvalue weighted by atomic mass is 9.87. The molecule has 1 heterocycles. The van der Waals surface area contributed by atoms with E-state index in [4.69, 9.17) is 5.41 Å². The first-order valence-electron chi connectivity index (χ1n) is 4.77. The van der Waals surface area contributed by atoms with Crippen molar-refractivity contribution < 1.29 is 0 Å². The maximum absolute atomic E-state index is 7.79. The first kappa shape index (κ1) is 9.13. The van der Waals surface area contributed by atoms with E-state index in [0.717, 1.165) is 11.3 Å². The first-order chi connectivity index (χ1) is 6.49. The zero-order chi connectivity index (χ0) is 10.3. The molecule has 0 radical (unpaired) electrons. The Morgan fingerprint density at radius 2 is 2.07 bits per heavy atom. The number of aliphatic imine (C=N–C) groups is 1. The number of allylic oxidation sites excluding steroid dienone is 5. The molecule has 0 saturated heterocycles. The van der Waals surface area contributed by atoms with Crippen LogP contribution in [0.25, 0.3) is 0 Å². The van der Waals surface area contributed by atoms with Crippen molar-refractivity contribution in [2.45, 2.75) is 26.3 Å². The second-order valence-electron chi connectivity index (χ2n) is 4.29. The molecular weight excluding hydrogens is 172 g/mol. The molecule has 0 bridgehead atoms. The predicted molar refractivity (Wildman–Crippen MR) is 60.2 cm³/mol. The van der Waals surface area contributed by atoms with Gasteiger partial charge in [-0.2, -0.15) is 0 Å². The van der Waals surface area contributed by atoms with Crippen molar-refractivity contribution >= 4 is 11.4 Å². The summed E-state index contributed by atoms with van der Waals surface area (Å²) in [7, 11) is 0. The number of hydrogen-bond donors (Lipinski definition) is 1. The molecule has 1 aliphatic carbocycles. The molecule has 2 aliphatic rings. The highest BCUT2D eigenvalue weighted by molar-refractivity contribution is 6.52. The number of rotatable bonds is 0. The molecule has 0 aromatic heterocycles. The Kier molecular flexibility index (Phi) is 1.81. The lowest BCUT2D eigenvalue weighted by molar-refractivity contribution is 0.649. The molecule has 2 rings (SSSR count). The van der Waals surface area contributed by atoms with E-state index in [2.05, 4.69) is 31.8 Å². The lowest BCUT2D eigenvalue weighted by Gasteiger charge is -2.27. The molecule has 0 unspecified atom stereocenters. The van der Waals surface area contributed by atoms with Crippen LogP contribution in [-0.2, 0) is 0 Å². The molecule has 72 valence electrons. The van der Waals surface area contributed by atoms with E-state index < -0.39 is 0 Å². The molecule has 1 N–H and O–H groups in total. The Morgan fingerprint density at radius 1 is 1.36 bits per heavy atom. The van der Waals surface area contributed by atoms with Crippen molar-refractivity contribution in [3.63, 3.8) is 0 Å². The van der Waals surface area contributed by atoms with Crippen LogP contribution in [0.1, 0.15) is 20.8 Å². The van der Waals surface area contributed by atoms with Crippen LogP contribution in [-0.4, -0.2) is 17.0 Å². The van der Waals surface area contributed by atoms with Crippen LogP contribution in [0.3, 0.4) is 0 Å². The number of fused-ring (bicyclic) bond motifs is 1. The molecule has 1 aliphatic heterocycles. The summed E-state index contributed by atoms with van der Waals surface area (Å²) in [4.78, 5) is 4.56. The molecule has 0 saturated carbocycles. The number of hydrogen-bond acceptors (Lipinski definition) is 2. The van der Waals surface area contributed by atoms with E-state index in [-0.39, 0.29) is 5.54 Å². The van der Waals surface area contributed by atoms with E-state index in [1.165, 1.54) is 5.57 Å². The van der Waals surface area contributed by atoms with E-state index in [9.17, 15) is 0 Å². The van der Waals surface area contributed by atoms with Gasteiger partial charge in [-0.15, -0.1) is 0 Å².